The van der Waals surface area contributed by atoms with Gasteiger partial charge >= 0.3 is 6.09 Å². The zero-order valence-electron chi connectivity index (χ0n) is 17.6. The summed E-state index contributed by atoms with van der Waals surface area (Å²) in [5.74, 6) is 0. The Morgan fingerprint density at radius 2 is 1.81 bits per heavy atom. The lowest BCUT2D eigenvalue weighted by Gasteiger charge is -2.24. The number of ether oxygens (including phenoxy) is 1. The molecule has 0 saturated heterocycles. The highest BCUT2D eigenvalue weighted by molar-refractivity contribution is 7.91. The second-order valence-electron chi connectivity index (χ2n) is 7.86. The number of aromatic nitrogens is 3. The SMILES string of the molecule is CN(Cc1cc(S(=O)(=O)c2ccncc2)n(-c2ccccc2Cl)n1)C(=O)OC(C)(C)C. The molecule has 10 heteroatoms. The molecule has 0 saturated carbocycles. The van der Waals surface area contributed by atoms with Crippen LogP contribution in [0, 0.1) is 0 Å². The molecule has 3 rings (SSSR count). The first-order chi connectivity index (χ1) is 14.5. The lowest BCUT2D eigenvalue weighted by Crippen LogP contribution is -2.33. The van der Waals surface area contributed by atoms with Crippen molar-refractivity contribution in [3.05, 3.63) is 65.6 Å². The molecule has 0 bridgehead atoms. The van der Waals surface area contributed by atoms with E-state index in [0.717, 1.165) is 0 Å². The van der Waals surface area contributed by atoms with Crippen molar-refractivity contribution in [2.75, 3.05) is 7.05 Å². The molecule has 0 atom stereocenters. The number of halogens is 1. The third-order valence-corrected chi connectivity index (χ3v) is 6.20. The Labute approximate surface area is 186 Å². The van der Waals surface area contributed by atoms with Crippen LogP contribution in [0.25, 0.3) is 5.69 Å². The highest BCUT2D eigenvalue weighted by Gasteiger charge is 2.27. The quantitative estimate of drug-likeness (QED) is 0.566. The lowest BCUT2D eigenvalue weighted by molar-refractivity contribution is 0.0283. The van der Waals surface area contributed by atoms with Gasteiger partial charge in [0.15, 0.2) is 5.03 Å². The predicted molar refractivity (Wildman–Crippen MR) is 116 cm³/mol. The van der Waals surface area contributed by atoms with Crippen molar-refractivity contribution in [3.8, 4) is 5.69 Å². The maximum Gasteiger partial charge on any atom is 0.410 e. The van der Waals surface area contributed by atoms with Gasteiger partial charge in [0.25, 0.3) is 0 Å². The average Bonchev–Trinajstić information content (AvgIpc) is 3.12. The summed E-state index contributed by atoms with van der Waals surface area (Å²) >= 11 is 6.31. The number of carbonyl (C=O) groups excluding carboxylic acids is 1. The van der Waals surface area contributed by atoms with E-state index in [4.69, 9.17) is 16.3 Å². The van der Waals surface area contributed by atoms with E-state index in [1.165, 1.54) is 40.2 Å². The van der Waals surface area contributed by atoms with E-state index in [0.29, 0.717) is 16.4 Å². The number of nitrogens with zero attached hydrogens (tertiary/aromatic N) is 4. The Hall–Kier alpha value is -2.91. The largest absolute Gasteiger partial charge is 0.444 e. The van der Waals surface area contributed by atoms with Crippen LogP contribution in [0.2, 0.25) is 5.02 Å². The summed E-state index contributed by atoms with van der Waals surface area (Å²) in [6.45, 7) is 5.35. The molecule has 0 aliphatic carbocycles. The molecule has 1 aromatic carbocycles. The smallest absolute Gasteiger partial charge is 0.410 e. The van der Waals surface area contributed by atoms with Crippen LogP contribution in [-0.2, 0) is 21.1 Å². The third kappa shape index (κ3) is 5.23. The Bertz CT molecular complexity index is 1190. The normalized spacial score (nSPS) is 11.9. The molecule has 164 valence electrons. The van der Waals surface area contributed by atoms with Gasteiger partial charge in [-0.1, -0.05) is 23.7 Å². The fraction of sp³-hybridized carbons (Fsp3) is 0.286. The molecule has 31 heavy (non-hydrogen) atoms. The van der Waals surface area contributed by atoms with E-state index in [1.54, 1.807) is 52.1 Å². The molecule has 0 radical (unpaired) electrons. The van der Waals surface area contributed by atoms with Gasteiger partial charge in [0.1, 0.15) is 5.60 Å². The van der Waals surface area contributed by atoms with Crippen LogP contribution in [0.3, 0.4) is 0 Å². The Morgan fingerprint density at radius 3 is 2.42 bits per heavy atom. The number of hydrogen-bond acceptors (Lipinski definition) is 6. The molecule has 1 amide bonds. The minimum absolute atomic E-state index is 0.0469. The monoisotopic (exact) mass is 462 g/mol. The summed E-state index contributed by atoms with van der Waals surface area (Å²) in [7, 11) is -2.38. The molecule has 0 aliphatic rings. The van der Waals surface area contributed by atoms with E-state index < -0.39 is 21.5 Å². The van der Waals surface area contributed by atoms with E-state index in [2.05, 4.69) is 10.1 Å². The number of rotatable bonds is 5. The van der Waals surface area contributed by atoms with Crippen LogP contribution in [0.4, 0.5) is 4.79 Å². The maximum absolute atomic E-state index is 13.3. The molecular formula is C21H23ClN4O4S. The molecule has 3 aromatic rings. The van der Waals surface area contributed by atoms with Crippen molar-refractivity contribution in [1.82, 2.24) is 19.7 Å². The van der Waals surface area contributed by atoms with Gasteiger partial charge in [-0.3, -0.25) is 4.98 Å². The van der Waals surface area contributed by atoms with Crippen molar-refractivity contribution in [1.29, 1.82) is 0 Å². The van der Waals surface area contributed by atoms with Crippen molar-refractivity contribution in [2.45, 2.75) is 42.8 Å². The fourth-order valence-electron chi connectivity index (χ4n) is 2.76. The summed E-state index contributed by atoms with van der Waals surface area (Å²) in [4.78, 5) is 17.6. The van der Waals surface area contributed by atoms with Crippen molar-refractivity contribution < 1.29 is 17.9 Å². The van der Waals surface area contributed by atoms with E-state index >= 15 is 0 Å². The molecule has 2 heterocycles. The standard InChI is InChI=1S/C21H23ClN4O4S/c1-21(2,3)30-20(27)25(4)14-15-13-19(31(28,29)16-9-11-23-12-10-16)26(24-15)18-8-6-5-7-17(18)22/h5-13H,14H2,1-4H3. The number of hydrogen-bond donors (Lipinski definition) is 0. The molecular weight excluding hydrogens is 440 g/mol. The molecule has 2 aromatic heterocycles. The van der Waals surface area contributed by atoms with Crippen LogP contribution in [0.1, 0.15) is 26.5 Å². The third-order valence-electron chi connectivity index (χ3n) is 4.15. The van der Waals surface area contributed by atoms with Gasteiger partial charge in [0, 0.05) is 25.5 Å². The van der Waals surface area contributed by atoms with Gasteiger partial charge in [-0.05, 0) is 45.0 Å². The first kappa shape index (κ1) is 22.8. The van der Waals surface area contributed by atoms with Gasteiger partial charge in [0.05, 0.1) is 27.8 Å². The molecule has 0 spiro atoms. The van der Waals surface area contributed by atoms with Gasteiger partial charge in [-0.25, -0.2) is 17.9 Å². The topological polar surface area (TPSA) is 94.4 Å². The predicted octanol–water partition coefficient (Wildman–Crippen LogP) is 4.12. The van der Waals surface area contributed by atoms with E-state index in [-0.39, 0.29) is 16.5 Å². The number of amides is 1. The summed E-state index contributed by atoms with van der Waals surface area (Å²) < 4.78 is 33.3. The Balaban J connectivity index is 2.05. The molecule has 0 N–H and O–H groups in total. The molecule has 0 aliphatic heterocycles. The highest BCUT2D eigenvalue weighted by Crippen LogP contribution is 2.28. The molecule has 0 unspecified atom stereocenters. The van der Waals surface area contributed by atoms with Gasteiger partial charge in [-0.2, -0.15) is 5.10 Å². The summed E-state index contributed by atoms with van der Waals surface area (Å²) in [6.07, 6.45) is 2.26. The number of para-hydroxylation sites is 1. The van der Waals surface area contributed by atoms with Crippen LogP contribution in [-0.4, -0.2) is 46.8 Å². The fourth-order valence-corrected chi connectivity index (χ4v) is 4.36. The summed E-state index contributed by atoms with van der Waals surface area (Å²) in [6, 6.07) is 11.0. The van der Waals surface area contributed by atoms with Crippen LogP contribution in [0.15, 0.2) is 64.8 Å². The van der Waals surface area contributed by atoms with E-state index in [9.17, 15) is 13.2 Å². The first-order valence-electron chi connectivity index (χ1n) is 9.42. The molecule has 8 nitrogen and oxygen atoms in total. The minimum Gasteiger partial charge on any atom is -0.444 e. The number of pyridine rings is 1. The average molecular weight is 463 g/mol. The summed E-state index contributed by atoms with van der Waals surface area (Å²) in [5.41, 5.74) is 0.113. The van der Waals surface area contributed by atoms with Crippen molar-refractivity contribution in [2.24, 2.45) is 0 Å². The Kier molecular flexibility index (Phi) is 6.38. The second-order valence-corrected chi connectivity index (χ2v) is 10.2. The lowest BCUT2D eigenvalue weighted by atomic mass is 10.2. The van der Waals surface area contributed by atoms with Gasteiger partial charge < -0.3 is 9.64 Å². The first-order valence-corrected chi connectivity index (χ1v) is 11.3. The highest BCUT2D eigenvalue weighted by atomic mass is 35.5. The second kappa shape index (κ2) is 8.68. The minimum atomic E-state index is -3.93. The van der Waals surface area contributed by atoms with Crippen LogP contribution < -0.4 is 0 Å². The number of sulfone groups is 1. The summed E-state index contributed by atoms with van der Waals surface area (Å²) in [5, 5.41) is 4.71. The molecule has 0 fully saturated rings. The van der Waals surface area contributed by atoms with Crippen LogP contribution >= 0.6 is 11.6 Å². The van der Waals surface area contributed by atoms with Crippen LogP contribution in [0.5, 0.6) is 0 Å². The number of carbonyl (C=O) groups is 1. The van der Waals surface area contributed by atoms with Crippen molar-refractivity contribution in [3.63, 3.8) is 0 Å². The number of benzene rings is 1. The Morgan fingerprint density at radius 1 is 1.16 bits per heavy atom. The maximum atomic E-state index is 13.3. The van der Waals surface area contributed by atoms with Gasteiger partial charge in [0.2, 0.25) is 9.84 Å². The van der Waals surface area contributed by atoms with Crippen molar-refractivity contribution >= 4 is 27.5 Å². The van der Waals surface area contributed by atoms with E-state index in [1.807, 2.05) is 0 Å². The zero-order valence-corrected chi connectivity index (χ0v) is 19.2. The zero-order chi connectivity index (χ0) is 22.8. The van der Waals surface area contributed by atoms with Gasteiger partial charge in [-0.15, -0.1) is 0 Å².